The van der Waals surface area contributed by atoms with Crippen molar-refractivity contribution < 1.29 is 18.5 Å². The maximum atomic E-state index is 12.3. The zero-order valence-corrected chi connectivity index (χ0v) is 18.9. The van der Waals surface area contributed by atoms with Crippen LogP contribution in [0.25, 0.3) is 0 Å². The van der Waals surface area contributed by atoms with Gasteiger partial charge in [0.15, 0.2) is 0 Å². The van der Waals surface area contributed by atoms with Gasteiger partial charge in [0.05, 0.1) is 0 Å². The number of unbranched alkanes of at least 4 members (excludes halogenated alkanes) is 2. The van der Waals surface area contributed by atoms with Crippen LogP contribution in [0.3, 0.4) is 0 Å². The molecule has 0 saturated carbocycles. The van der Waals surface area contributed by atoms with Gasteiger partial charge in [-0.25, -0.2) is 4.57 Å². The Morgan fingerprint density at radius 2 is 1.28 bits per heavy atom. The van der Waals surface area contributed by atoms with Gasteiger partial charge in [0.25, 0.3) is 0 Å². The zero-order chi connectivity index (χ0) is 21.2. The molecule has 2 aromatic carbocycles. The number of hydrogen-bond donors (Lipinski definition) is 1. The van der Waals surface area contributed by atoms with E-state index in [9.17, 15) is 9.46 Å². The van der Waals surface area contributed by atoms with E-state index in [2.05, 4.69) is 32.9 Å². The van der Waals surface area contributed by atoms with Gasteiger partial charge in [0.1, 0.15) is 11.5 Å². The van der Waals surface area contributed by atoms with Crippen molar-refractivity contribution in [3.05, 3.63) is 60.2 Å². The number of hydrogen-bond acceptors (Lipinski definition) is 3. The fraction of sp³-hybridized carbons (Fsp3) is 0.500. The molecule has 0 aliphatic carbocycles. The van der Waals surface area contributed by atoms with Gasteiger partial charge >= 0.3 is 7.82 Å². The summed E-state index contributed by atoms with van der Waals surface area (Å²) in [7, 11) is -4.24. The van der Waals surface area contributed by atoms with E-state index in [4.69, 9.17) is 9.05 Å². The second-order valence-electron chi connectivity index (χ2n) is 7.73. The maximum Gasteiger partial charge on any atom is 0.584 e. The first-order valence-corrected chi connectivity index (χ1v) is 12.3. The molecule has 1 atom stereocenters. The van der Waals surface area contributed by atoms with Crippen LogP contribution >= 0.6 is 7.82 Å². The highest BCUT2D eigenvalue weighted by Crippen LogP contribution is 2.45. The minimum absolute atomic E-state index is 0.169. The highest BCUT2D eigenvalue weighted by molar-refractivity contribution is 7.48. The predicted octanol–water partition coefficient (Wildman–Crippen LogP) is 7.66. The largest absolute Gasteiger partial charge is 0.584 e. The first-order valence-electron chi connectivity index (χ1n) is 10.8. The van der Waals surface area contributed by atoms with Crippen molar-refractivity contribution in [3.8, 4) is 11.5 Å². The fourth-order valence-corrected chi connectivity index (χ4v) is 4.77. The summed E-state index contributed by atoms with van der Waals surface area (Å²) in [5.74, 6) is 0.642. The minimum Gasteiger partial charge on any atom is -0.395 e. The molecule has 0 radical (unpaired) electrons. The van der Waals surface area contributed by atoms with E-state index < -0.39 is 7.82 Å². The lowest BCUT2D eigenvalue weighted by Crippen LogP contribution is -2.26. The molecule has 1 unspecified atom stereocenters. The summed E-state index contributed by atoms with van der Waals surface area (Å²) in [5, 5.41) is 0. The Hall–Kier alpha value is -1.77. The van der Waals surface area contributed by atoms with Gasteiger partial charge in [0.2, 0.25) is 0 Å². The van der Waals surface area contributed by atoms with Crippen LogP contribution in [0.4, 0.5) is 0 Å². The number of phosphoric acid groups is 1. The predicted molar refractivity (Wildman–Crippen MR) is 120 cm³/mol. The molecule has 0 aromatic heterocycles. The van der Waals surface area contributed by atoms with Crippen molar-refractivity contribution in [2.45, 2.75) is 77.6 Å². The Labute approximate surface area is 175 Å². The molecule has 0 aliphatic rings. The van der Waals surface area contributed by atoms with Crippen LogP contribution in [0.5, 0.6) is 11.5 Å². The maximum absolute atomic E-state index is 12.3. The van der Waals surface area contributed by atoms with Crippen molar-refractivity contribution in [2.75, 3.05) is 0 Å². The Balaban J connectivity index is 2.17. The summed E-state index contributed by atoms with van der Waals surface area (Å²) in [6.45, 7) is 6.71. The van der Waals surface area contributed by atoms with Crippen LogP contribution in [-0.2, 0) is 9.98 Å². The van der Waals surface area contributed by atoms with E-state index in [0.717, 1.165) is 12.8 Å². The summed E-state index contributed by atoms with van der Waals surface area (Å²) in [6, 6.07) is 16.2. The molecule has 1 N–H and O–H groups in total. The molecule has 0 heterocycles. The molecule has 160 valence electrons. The van der Waals surface area contributed by atoms with E-state index in [0.29, 0.717) is 11.5 Å². The second-order valence-corrected chi connectivity index (χ2v) is 9.03. The molecule has 0 bridgehead atoms. The second kappa shape index (κ2) is 11.4. The topological polar surface area (TPSA) is 55.8 Å². The summed E-state index contributed by atoms with van der Waals surface area (Å²) in [6.07, 6.45) is 9.43. The molecular formula is C24H35O4P. The van der Waals surface area contributed by atoms with E-state index in [1.165, 1.54) is 44.1 Å². The molecule has 2 aromatic rings. The standard InChI is InChI=1S/C24H35O4P/c1-4-7-19-24(18-6-3,20-8-5-2)21-14-16-23(17-15-21)28-29(25,26)27-22-12-10-9-11-13-22/h9-17H,4-8,18-20H2,1-3H3,(H,25,26). The van der Waals surface area contributed by atoms with Crippen LogP contribution in [0.15, 0.2) is 54.6 Å². The third kappa shape index (κ3) is 7.21. The first kappa shape index (κ1) is 23.5. The number of para-hydroxylation sites is 1. The summed E-state index contributed by atoms with van der Waals surface area (Å²) < 4.78 is 22.8. The van der Waals surface area contributed by atoms with Gasteiger partial charge < -0.3 is 9.05 Å². The lowest BCUT2D eigenvalue weighted by molar-refractivity contribution is 0.290. The van der Waals surface area contributed by atoms with Crippen LogP contribution in [0, 0.1) is 0 Å². The van der Waals surface area contributed by atoms with Gasteiger partial charge in [0, 0.05) is 0 Å². The van der Waals surface area contributed by atoms with Gasteiger partial charge in [-0.2, -0.15) is 0 Å². The van der Waals surface area contributed by atoms with Crippen LogP contribution in [0.1, 0.15) is 77.7 Å². The molecule has 0 amide bonds. The molecule has 0 spiro atoms. The smallest absolute Gasteiger partial charge is 0.395 e. The minimum atomic E-state index is -4.24. The highest BCUT2D eigenvalue weighted by Gasteiger charge is 2.31. The highest BCUT2D eigenvalue weighted by atomic mass is 31.2. The molecule has 0 saturated heterocycles. The summed E-state index contributed by atoms with van der Waals surface area (Å²) in [5.41, 5.74) is 1.47. The van der Waals surface area contributed by atoms with Crippen molar-refractivity contribution >= 4 is 7.82 Å². The van der Waals surface area contributed by atoms with E-state index in [1.807, 2.05) is 6.07 Å². The number of benzene rings is 2. The van der Waals surface area contributed by atoms with E-state index in [-0.39, 0.29) is 5.41 Å². The molecule has 4 nitrogen and oxygen atoms in total. The normalized spacial score (nSPS) is 13.7. The number of phosphoric ester groups is 1. The van der Waals surface area contributed by atoms with Gasteiger partial charge in [-0.1, -0.05) is 83.2 Å². The molecular weight excluding hydrogens is 383 g/mol. The average Bonchev–Trinajstić information content (AvgIpc) is 2.71. The van der Waals surface area contributed by atoms with Gasteiger partial charge in [-0.3, -0.25) is 4.89 Å². The van der Waals surface area contributed by atoms with Gasteiger partial charge in [-0.05, 0) is 54.5 Å². The quantitative estimate of drug-likeness (QED) is 0.339. The van der Waals surface area contributed by atoms with Crippen molar-refractivity contribution in [3.63, 3.8) is 0 Å². The Bertz CT molecular complexity index is 750. The third-order valence-electron chi connectivity index (χ3n) is 5.40. The first-order chi connectivity index (χ1) is 13.9. The average molecular weight is 419 g/mol. The SMILES string of the molecule is CCCCC(CCC)(CCCC)c1ccc(OP(=O)(O)Oc2ccccc2)cc1. The summed E-state index contributed by atoms with van der Waals surface area (Å²) >= 11 is 0. The lowest BCUT2D eigenvalue weighted by Gasteiger charge is -2.35. The molecule has 0 fully saturated rings. The third-order valence-corrected chi connectivity index (χ3v) is 6.28. The Kier molecular flexibility index (Phi) is 9.26. The fourth-order valence-electron chi connectivity index (χ4n) is 3.95. The number of rotatable bonds is 13. The summed E-state index contributed by atoms with van der Waals surface area (Å²) in [4.78, 5) is 10.1. The molecule has 0 aliphatic heterocycles. The molecule has 29 heavy (non-hydrogen) atoms. The van der Waals surface area contributed by atoms with Gasteiger partial charge in [-0.15, -0.1) is 0 Å². The van der Waals surface area contributed by atoms with Crippen LogP contribution in [0.2, 0.25) is 0 Å². The van der Waals surface area contributed by atoms with E-state index in [1.54, 1.807) is 36.4 Å². The zero-order valence-electron chi connectivity index (χ0n) is 18.0. The van der Waals surface area contributed by atoms with Crippen LogP contribution < -0.4 is 9.05 Å². The van der Waals surface area contributed by atoms with E-state index >= 15 is 0 Å². The van der Waals surface area contributed by atoms with Crippen molar-refractivity contribution in [2.24, 2.45) is 0 Å². The Morgan fingerprint density at radius 3 is 1.76 bits per heavy atom. The molecule has 2 rings (SSSR count). The van der Waals surface area contributed by atoms with Crippen LogP contribution in [-0.4, -0.2) is 4.89 Å². The van der Waals surface area contributed by atoms with Crippen molar-refractivity contribution in [1.29, 1.82) is 0 Å². The van der Waals surface area contributed by atoms with Crippen molar-refractivity contribution in [1.82, 2.24) is 0 Å². The monoisotopic (exact) mass is 418 g/mol. The lowest BCUT2D eigenvalue weighted by atomic mass is 9.70. The molecule has 5 heteroatoms. The Morgan fingerprint density at radius 1 is 0.759 bits per heavy atom.